The molecule has 0 aromatic carbocycles. The molecule has 15 N–H and O–H groups in total. The minimum absolute atomic E-state index is 0.000868. The van der Waals surface area contributed by atoms with Gasteiger partial charge in [-0.05, 0) is 109 Å². The molecule has 1 fully saturated rings. The number of ketones is 1. The Hall–Kier alpha value is -4.36. The van der Waals surface area contributed by atoms with Crippen molar-refractivity contribution < 1.29 is 90.2 Å². The van der Waals surface area contributed by atoms with Crippen molar-refractivity contribution in [2.75, 3.05) is 6.54 Å². The maximum absolute atomic E-state index is 13.9. The highest BCUT2D eigenvalue weighted by atomic mass is 16.7. The number of allylic oxidation sites excluding steroid dienone is 12. The van der Waals surface area contributed by atoms with Crippen LogP contribution < -0.4 is 5.73 Å². The Morgan fingerprint density at radius 3 is 2.01 bits per heavy atom. The Balaban J connectivity index is 2.33. The number of carbonyl (C=O) groups is 2. The molecule has 2 aliphatic heterocycles. The molecule has 2 aliphatic rings. The van der Waals surface area contributed by atoms with Crippen LogP contribution in [0.1, 0.15) is 143 Å². The van der Waals surface area contributed by atoms with E-state index < -0.39 is 134 Å². The molecule has 2 heterocycles. The molecular weight excluding hydrogens is 1110 g/mol. The molecule has 0 saturated carbocycles. The van der Waals surface area contributed by atoms with Crippen molar-refractivity contribution in [2.45, 2.75) is 247 Å². The normalized spacial score (nSPS) is 34.4. The number of hydrogen-bond acceptors (Lipinski definition) is 19. The van der Waals surface area contributed by atoms with Crippen LogP contribution in [-0.2, 0) is 23.8 Å². The summed E-state index contributed by atoms with van der Waals surface area (Å²) < 4.78 is 17.7. The molecule has 0 spiro atoms. The van der Waals surface area contributed by atoms with E-state index in [1.54, 1.807) is 68.5 Å². The third kappa shape index (κ3) is 33.8. The number of Topliss-reactive ketones (excluding diaryl/α,β-unsaturated/α-hetero) is 1. The molecular formula is C67H107NO18. The van der Waals surface area contributed by atoms with E-state index in [2.05, 4.69) is 6.58 Å². The molecule has 0 aliphatic carbocycles. The molecule has 0 radical (unpaired) electrons. The van der Waals surface area contributed by atoms with Gasteiger partial charge in [-0.15, -0.1) is 6.58 Å². The number of nitrogens with two attached hydrogens (primary N) is 1. The predicted molar refractivity (Wildman–Crippen MR) is 332 cm³/mol. The smallest absolute Gasteiger partial charge is 0.306 e. The van der Waals surface area contributed by atoms with E-state index in [9.17, 15) is 76.0 Å². The molecule has 19 nitrogen and oxygen atoms in total. The van der Waals surface area contributed by atoms with Crippen LogP contribution in [0.4, 0.5) is 0 Å². The number of cyclic esters (lactones) is 1. The summed E-state index contributed by atoms with van der Waals surface area (Å²) in [5.41, 5.74) is 6.50. The third-order valence-corrected chi connectivity index (χ3v) is 15.3. The number of esters is 1. The van der Waals surface area contributed by atoms with E-state index >= 15 is 0 Å². The minimum Gasteiger partial charge on any atom is -0.458 e. The predicted octanol–water partition coefficient (Wildman–Crippen LogP) is 5.31. The lowest BCUT2D eigenvalue weighted by Crippen LogP contribution is -2.58. The minimum atomic E-state index is -1.65. The molecule has 0 bridgehead atoms. The summed E-state index contributed by atoms with van der Waals surface area (Å²) in [5.74, 6) is -2.68. The number of aliphatic hydroxyl groups is 13. The number of hydrogen-bond donors (Lipinski definition) is 14. The van der Waals surface area contributed by atoms with E-state index in [1.807, 2.05) is 61.6 Å². The third-order valence-electron chi connectivity index (χ3n) is 15.3. The lowest BCUT2D eigenvalue weighted by Gasteiger charge is -2.41. The van der Waals surface area contributed by atoms with E-state index in [-0.39, 0.29) is 63.7 Å². The van der Waals surface area contributed by atoms with E-state index in [1.165, 1.54) is 19.1 Å². The van der Waals surface area contributed by atoms with Crippen LogP contribution in [0, 0.1) is 17.8 Å². The molecule has 488 valence electrons. The summed E-state index contributed by atoms with van der Waals surface area (Å²) in [6.07, 6.45) is 18.6. The summed E-state index contributed by atoms with van der Waals surface area (Å²) in [7, 11) is 0. The fourth-order valence-electron chi connectivity index (χ4n) is 9.81. The van der Waals surface area contributed by atoms with Crippen molar-refractivity contribution in [2.24, 2.45) is 23.5 Å². The Kier molecular flexibility index (Phi) is 40.7. The highest BCUT2D eigenvalue weighted by Crippen LogP contribution is 2.29. The molecule has 20 atom stereocenters. The molecule has 0 amide bonds. The summed E-state index contributed by atoms with van der Waals surface area (Å²) in [5, 5.41) is 140. The Bertz CT molecular complexity index is 2190. The Morgan fingerprint density at radius 2 is 1.31 bits per heavy atom. The van der Waals surface area contributed by atoms with Crippen molar-refractivity contribution in [1.82, 2.24) is 0 Å². The van der Waals surface area contributed by atoms with E-state index in [4.69, 9.17) is 19.9 Å². The maximum atomic E-state index is 13.9. The van der Waals surface area contributed by atoms with Gasteiger partial charge in [-0.1, -0.05) is 142 Å². The van der Waals surface area contributed by atoms with Gasteiger partial charge in [0.05, 0.1) is 73.2 Å². The van der Waals surface area contributed by atoms with Crippen molar-refractivity contribution in [3.8, 4) is 0 Å². The summed E-state index contributed by atoms with van der Waals surface area (Å²) in [6.45, 7) is 11.1. The zero-order valence-electron chi connectivity index (χ0n) is 51.2. The Morgan fingerprint density at radius 1 is 0.674 bits per heavy atom. The topological polar surface area (TPSA) is 351 Å². The maximum Gasteiger partial charge on any atom is 0.306 e. The van der Waals surface area contributed by atoms with Crippen LogP contribution >= 0.6 is 0 Å². The summed E-state index contributed by atoms with van der Waals surface area (Å²) in [6, 6.07) is 0. The first-order chi connectivity index (χ1) is 40.9. The second kappa shape index (κ2) is 45.0. The van der Waals surface area contributed by atoms with Crippen LogP contribution in [0.5, 0.6) is 0 Å². The fourth-order valence-corrected chi connectivity index (χ4v) is 9.81. The average Bonchev–Trinajstić information content (AvgIpc) is 2.13. The lowest BCUT2D eigenvalue weighted by atomic mass is 9.88. The van der Waals surface area contributed by atoms with Crippen molar-refractivity contribution in [3.05, 3.63) is 134 Å². The SMILES string of the molecule is C=CCCC1=CCC(O[C@@H]2O[C@@H](C)[C@H](O)[C@@H](O)[C@H]2O)C(C)C(=O)CC(O)CC(O)CC(O)C=CCC(O)CC(O)CC(O)CC(/C=C/C[C@@H](O)/C=C/C[C@H](O)CCCN)OC(=O)CCC=CC=CC=CC=CC=CC(C)C(O)C(C)C(O)C=CCC1. The Labute approximate surface area is 511 Å². The second-order valence-electron chi connectivity index (χ2n) is 23.1. The standard InChI is InChI=1S/C67H107NO18/c1-6-7-25-49-26-18-19-34-59(77)47(4)63(80)45(2)24-16-14-12-10-8-9-11-13-15-17-35-62(79)85-58(33-22-29-50(69)27-20-28-51(70)32-23-38-68)43-56(75)41-54(73)39-52(71)30-21-31-53(72)40-55(74)42-57(76)44-60(78)46(3)61(37-36-49)86-67-66(83)65(82)64(81)48(5)84-67/h6,8-16,19-22,24,27,31,33-34,36,45-48,50-59,61,63-67,69-77,80-83H,1,7,17-18,23,25-26,28-30,32,35,37-44,68H2,2-5H3/b10-8?,11-9?,14-12?,15-13?,24-16?,27-20+,31-21?,33-22+,34-19?,49-36?/t45?,46?,47?,48-,50-,51-,52?,53?,54?,55?,56?,57?,58?,59?,61?,63?,64-,65+,66+,67-/m0/s1. The van der Waals surface area contributed by atoms with Gasteiger partial charge in [-0.2, -0.15) is 0 Å². The first-order valence-corrected chi connectivity index (χ1v) is 30.8. The van der Waals surface area contributed by atoms with Gasteiger partial charge in [0.1, 0.15) is 30.2 Å². The largest absolute Gasteiger partial charge is 0.458 e. The van der Waals surface area contributed by atoms with E-state index in [0.717, 1.165) is 5.57 Å². The van der Waals surface area contributed by atoms with Gasteiger partial charge in [0, 0.05) is 43.4 Å². The number of carbonyl (C=O) groups excluding carboxylic acids is 2. The molecule has 0 aromatic heterocycles. The van der Waals surface area contributed by atoms with Gasteiger partial charge in [-0.3, -0.25) is 9.59 Å². The fraction of sp³-hybridized carbons (Fsp3) is 0.642. The van der Waals surface area contributed by atoms with Gasteiger partial charge in [0.2, 0.25) is 0 Å². The zero-order valence-corrected chi connectivity index (χ0v) is 51.2. The summed E-state index contributed by atoms with van der Waals surface area (Å²) in [4.78, 5) is 26.8. The molecule has 13 unspecified atom stereocenters. The highest BCUT2D eigenvalue weighted by Gasteiger charge is 2.44. The van der Waals surface area contributed by atoms with Gasteiger partial charge in [0.25, 0.3) is 0 Å². The highest BCUT2D eigenvalue weighted by molar-refractivity contribution is 5.81. The monoisotopic (exact) mass is 1210 g/mol. The first kappa shape index (κ1) is 77.7. The molecule has 0 aromatic rings. The van der Waals surface area contributed by atoms with Crippen molar-refractivity contribution in [3.63, 3.8) is 0 Å². The number of rotatable bonds is 14. The zero-order chi connectivity index (χ0) is 64.0. The van der Waals surface area contributed by atoms with Gasteiger partial charge in [0.15, 0.2) is 6.29 Å². The van der Waals surface area contributed by atoms with Crippen molar-refractivity contribution in [1.29, 1.82) is 0 Å². The van der Waals surface area contributed by atoms with Crippen LogP contribution in [0.15, 0.2) is 134 Å². The second-order valence-corrected chi connectivity index (χ2v) is 23.1. The van der Waals surface area contributed by atoms with Crippen LogP contribution in [-0.4, -0.2) is 189 Å². The van der Waals surface area contributed by atoms with Gasteiger partial charge in [-0.25, -0.2) is 0 Å². The average molecular weight is 1210 g/mol. The van der Waals surface area contributed by atoms with Crippen LogP contribution in [0.25, 0.3) is 0 Å². The first-order valence-electron chi connectivity index (χ1n) is 30.8. The molecule has 86 heavy (non-hydrogen) atoms. The van der Waals surface area contributed by atoms with Gasteiger partial charge >= 0.3 is 5.97 Å². The van der Waals surface area contributed by atoms with Gasteiger partial charge < -0.3 is 86.3 Å². The molecule has 1 saturated heterocycles. The van der Waals surface area contributed by atoms with Crippen molar-refractivity contribution >= 4 is 11.8 Å². The number of ether oxygens (including phenoxy) is 3. The van der Waals surface area contributed by atoms with E-state index in [0.29, 0.717) is 57.9 Å². The van der Waals surface area contributed by atoms with Crippen LogP contribution in [0.2, 0.25) is 0 Å². The molecule has 19 heteroatoms. The van der Waals surface area contributed by atoms with Crippen LogP contribution in [0.3, 0.4) is 0 Å². The summed E-state index contributed by atoms with van der Waals surface area (Å²) >= 11 is 0. The quantitative estimate of drug-likeness (QED) is 0.0774. The lowest BCUT2D eigenvalue weighted by molar-refractivity contribution is -0.306. The number of aliphatic hydroxyl groups excluding tert-OH is 13. The molecule has 2 rings (SSSR count).